The maximum Gasteiger partial charge on any atom is 0.253 e. The van der Waals surface area contributed by atoms with Crippen LogP contribution in [-0.2, 0) is 0 Å². The van der Waals surface area contributed by atoms with Crippen LogP contribution >= 0.6 is 22.6 Å². The highest BCUT2D eigenvalue weighted by Crippen LogP contribution is 2.17. The normalized spacial score (nSPS) is 24.8. The monoisotopic (exact) mass is 330 g/mol. The van der Waals surface area contributed by atoms with Crippen LogP contribution in [0.3, 0.4) is 0 Å². The molecule has 1 aliphatic heterocycles. The Hall–Kier alpha value is -0.620. The Morgan fingerprint density at radius 3 is 2.50 bits per heavy atom. The molecule has 4 heteroatoms. The van der Waals surface area contributed by atoms with Crippen LogP contribution in [0.4, 0.5) is 0 Å². The molecule has 1 aliphatic rings. The predicted molar refractivity (Wildman–Crippen MR) is 72.2 cm³/mol. The van der Waals surface area contributed by atoms with Crippen molar-refractivity contribution in [2.45, 2.75) is 13.0 Å². The molecule has 0 aromatic heterocycles. The summed E-state index contributed by atoms with van der Waals surface area (Å²) in [7, 11) is 0. The Labute approximate surface area is 109 Å². The fraction of sp³-hybridized carbons (Fsp3) is 0.417. The summed E-state index contributed by atoms with van der Waals surface area (Å²) < 4.78 is 1.14. The summed E-state index contributed by atoms with van der Waals surface area (Å²) in [5.41, 5.74) is 6.67. The van der Waals surface area contributed by atoms with E-state index in [1.165, 1.54) is 0 Å². The van der Waals surface area contributed by atoms with Crippen LogP contribution in [0, 0.1) is 9.49 Å². The highest BCUT2D eigenvalue weighted by molar-refractivity contribution is 14.1. The number of carbonyl (C=O) groups excluding carboxylic acids is 1. The minimum atomic E-state index is 0.0937. The van der Waals surface area contributed by atoms with E-state index in [9.17, 15) is 4.79 Å². The minimum Gasteiger partial charge on any atom is -0.337 e. The van der Waals surface area contributed by atoms with Gasteiger partial charge in [-0.15, -0.1) is 0 Å². The van der Waals surface area contributed by atoms with Crippen LogP contribution in [0.2, 0.25) is 0 Å². The Kier molecular flexibility index (Phi) is 3.49. The van der Waals surface area contributed by atoms with Crippen molar-refractivity contribution in [2.75, 3.05) is 13.1 Å². The Balaban J connectivity index is 2.11. The summed E-state index contributed by atoms with van der Waals surface area (Å²) in [6.45, 7) is 3.53. The van der Waals surface area contributed by atoms with E-state index in [2.05, 4.69) is 29.5 Å². The number of halogens is 1. The second-order valence-electron chi connectivity index (χ2n) is 4.36. The van der Waals surface area contributed by atoms with E-state index in [0.29, 0.717) is 12.5 Å². The minimum absolute atomic E-state index is 0.0937. The van der Waals surface area contributed by atoms with Crippen molar-refractivity contribution in [3.63, 3.8) is 0 Å². The summed E-state index contributed by atoms with van der Waals surface area (Å²) in [6, 6.07) is 7.77. The van der Waals surface area contributed by atoms with Gasteiger partial charge in [-0.2, -0.15) is 0 Å². The number of hydrogen-bond acceptors (Lipinski definition) is 2. The highest BCUT2D eigenvalue weighted by atomic mass is 127. The summed E-state index contributed by atoms with van der Waals surface area (Å²) in [4.78, 5) is 14.0. The zero-order chi connectivity index (χ0) is 11.7. The van der Waals surface area contributed by atoms with E-state index < -0.39 is 0 Å². The molecule has 0 saturated carbocycles. The lowest BCUT2D eigenvalue weighted by atomic mass is 10.1. The molecule has 3 nitrogen and oxygen atoms in total. The number of benzene rings is 1. The zero-order valence-corrected chi connectivity index (χ0v) is 11.3. The van der Waals surface area contributed by atoms with Crippen LogP contribution in [0.15, 0.2) is 24.3 Å². The Morgan fingerprint density at radius 1 is 1.38 bits per heavy atom. The molecule has 0 aliphatic carbocycles. The molecule has 1 aromatic rings. The van der Waals surface area contributed by atoms with Gasteiger partial charge in [-0.1, -0.05) is 6.92 Å². The molecule has 16 heavy (non-hydrogen) atoms. The van der Waals surface area contributed by atoms with E-state index in [1.807, 2.05) is 29.2 Å². The molecule has 0 bridgehead atoms. The first-order valence-corrected chi connectivity index (χ1v) is 6.46. The van der Waals surface area contributed by atoms with Crippen molar-refractivity contribution in [1.29, 1.82) is 0 Å². The molecule has 1 aromatic carbocycles. The van der Waals surface area contributed by atoms with Crippen molar-refractivity contribution in [1.82, 2.24) is 4.90 Å². The molecular formula is C12H15IN2O. The molecular weight excluding hydrogens is 315 g/mol. The van der Waals surface area contributed by atoms with Crippen LogP contribution in [-0.4, -0.2) is 29.9 Å². The summed E-state index contributed by atoms with van der Waals surface area (Å²) in [6.07, 6.45) is 0. The van der Waals surface area contributed by atoms with Crippen molar-refractivity contribution in [3.05, 3.63) is 33.4 Å². The third-order valence-electron chi connectivity index (χ3n) is 3.05. The van der Waals surface area contributed by atoms with Crippen LogP contribution in [0.5, 0.6) is 0 Å². The number of nitrogens with two attached hydrogens (primary N) is 1. The molecule has 2 unspecified atom stereocenters. The van der Waals surface area contributed by atoms with Gasteiger partial charge < -0.3 is 10.6 Å². The molecule has 1 fully saturated rings. The second kappa shape index (κ2) is 4.71. The van der Waals surface area contributed by atoms with Crippen molar-refractivity contribution in [3.8, 4) is 0 Å². The Morgan fingerprint density at radius 2 is 2.00 bits per heavy atom. The van der Waals surface area contributed by atoms with Crippen molar-refractivity contribution in [2.24, 2.45) is 11.7 Å². The smallest absolute Gasteiger partial charge is 0.253 e. The maximum absolute atomic E-state index is 12.1. The first-order valence-electron chi connectivity index (χ1n) is 5.38. The van der Waals surface area contributed by atoms with Gasteiger partial charge in [0, 0.05) is 28.3 Å². The lowest BCUT2D eigenvalue weighted by Gasteiger charge is -2.15. The molecule has 1 saturated heterocycles. The SMILES string of the molecule is CC1CN(C(=O)c2ccc(I)cc2)CC1N. The first kappa shape index (κ1) is 11.9. The molecule has 86 valence electrons. The number of likely N-dealkylation sites (tertiary alicyclic amines) is 1. The number of amides is 1. The molecule has 1 heterocycles. The molecule has 0 spiro atoms. The van der Waals surface area contributed by atoms with Crippen LogP contribution in [0.25, 0.3) is 0 Å². The average Bonchev–Trinajstić information content (AvgIpc) is 2.59. The largest absolute Gasteiger partial charge is 0.337 e. The number of rotatable bonds is 1. The van der Waals surface area contributed by atoms with E-state index in [4.69, 9.17) is 5.73 Å². The number of carbonyl (C=O) groups is 1. The maximum atomic E-state index is 12.1. The molecule has 0 radical (unpaired) electrons. The van der Waals surface area contributed by atoms with Gasteiger partial charge in [-0.05, 0) is 52.8 Å². The summed E-state index contributed by atoms with van der Waals surface area (Å²) >= 11 is 2.23. The van der Waals surface area contributed by atoms with Crippen molar-refractivity contribution < 1.29 is 4.79 Å². The van der Waals surface area contributed by atoms with E-state index in [-0.39, 0.29) is 11.9 Å². The topological polar surface area (TPSA) is 46.3 Å². The summed E-state index contributed by atoms with van der Waals surface area (Å²) in [5, 5.41) is 0. The van der Waals surface area contributed by atoms with Gasteiger partial charge in [0.2, 0.25) is 0 Å². The Bertz CT molecular complexity index is 381. The molecule has 2 atom stereocenters. The lowest BCUT2D eigenvalue weighted by Crippen LogP contribution is -2.32. The number of hydrogen-bond donors (Lipinski definition) is 1. The molecule has 2 rings (SSSR count). The van der Waals surface area contributed by atoms with Gasteiger partial charge in [0.05, 0.1) is 0 Å². The highest BCUT2D eigenvalue weighted by Gasteiger charge is 2.30. The van der Waals surface area contributed by atoms with Crippen LogP contribution in [0.1, 0.15) is 17.3 Å². The fourth-order valence-corrected chi connectivity index (χ4v) is 2.29. The van der Waals surface area contributed by atoms with Crippen LogP contribution < -0.4 is 5.73 Å². The summed E-state index contributed by atoms with van der Waals surface area (Å²) in [5.74, 6) is 0.490. The van der Waals surface area contributed by atoms with Gasteiger partial charge in [0.25, 0.3) is 5.91 Å². The fourth-order valence-electron chi connectivity index (χ4n) is 1.93. The lowest BCUT2D eigenvalue weighted by molar-refractivity contribution is 0.0787. The zero-order valence-electron chi connectivity index (χ0n) is 9.19. The molecule has 2 N–H and O–H groups in total. The van der Waals surface area contributed by atoms with Crippen molar-refractivity contribution >= 4 is 28.5 Å². The number of nitrogens with zero attached hydrogens (tertiary/aromatic N) is 1. The van der Waals surface area contributed by atoms with Gasteiger partial charge in [0.15, 0.2) is 0 Å². The van der Waals surface area contributed by atoms with Gasteiger partial charge in [0.1, 0.15) is 0 Å². The average molecular weight is 330 g/mol. The van der Waals surface area contributed by atoms with E-state index in [0.717, 1.165) is 15.7 Å². The molecule has 1 amide bonds. The quantitative estimate of drug-likeness (QED) is 0.797. The van der Waals surface area contributed by atoms with Gasteiger partial charge in [-0.25, -0.2) is 0 Å². The van der Waals surface area contributed by atoms with Gasteiger partial charge >= 0.3 is 0 Å². The predicted octanol–water partition coefficient (Wildman–Crippen LogP) is 1.71. The third-order valence-corrected chi connectivity index (χ3v) is 3.77. The third kappa shape index (κ3) is 2.38. The van der Waals surface area contributed by atoms with E-state index >= 15 is 0 Å². The second-order valence-corrected chi connectivity index (χ2v) is 5.60. The first-order chi connectivity index (χ1) is 7.58. The standard InChI is InChI=1S/C12H15IN2O/c1-8-6-15(7-11(8)14)12(16)9-2-4-10(13)5-3-9/h2-5,8,11H,6-7,14H2,1H3. The van der Waals surface area contributed by atoms with E-state index in [1.54, 1.807) is 0 Å². The van der Waals surface area contributed by atoms with Gasteiger partial charge in [-0.3, -0.25) is 4.79 Å².